The fraction of sp³-hybridized carbons (Fsp3) is 0.739. The van der Waals surface area contributed by atoms with Gasteiger partial charge in [-0.05, 0) is 86.2 Å². The van der Waals surface area contributed by atoms with Crippen molar-refractivity contribution in [1.82, 2.24) is 0 Å². The summed E-state index contributed by atoms with van der Waals surface area (Å²) in [6, 6.07) is 4.04. The molecule has 0 bridgehead atoms. The molecule has 0 radical (unpaired) electrons. The molecule has 2 nitrogen and oxygen atoms in total. The van der Waals surface area contributed by atoms with Gasteiger partial charge in [0.25, 0.3) is 0 Å². The van der Waals surface area contributed by atoms with E-state index in [2.05, 4.69) is 13.8 Å². The summed E-state index contributed by atoms with van der Waals surface area (Å²) in [5.41, 5.74) is 3.08. The molecule has 0 aromatic heterocycles. The summed E-state index contributed by atoms with van der Waals surface area (Å²) < 4.78 is 0. The Hall–Kier alpha value is -1.18. The van der Waals surface area contributed by atoms with E-state index in [9.17, 15) is 10.2 Å². The lowest BCUT2D eigenvalue weighted by molar-refractivity contribution is 0.392. The number of phenols is 2. The summed E-state index contributed by atoms with van der Waals surface area (Å²) >= 11 is 0. The molecule has 2 aliphatic rings. The summed E-state index contributed by atoms with van der Waals surface area (Å²) in [4.78, 5) is 0. The Bertz CT molecular complexity index is 582. The monoisotopic (exact) mass is 344 g/mol. The van der Waals surface area contributed by atoms with Crippen molar-refractivity contribution in [3.8, 4) is 11.5 Å². The molecule has 0 aliphatic heterocycles. The van der Waals surface area contributed by atoms with Crippen molar-refractivity contribution in [1.29, 1.82) is 0 Å². The van der Waals surface area contributed by atoms with Gasteiger partial charge in [-0.1, -0.05) is 45.2 Å². The lowest BCUT2D eigenvalue weighted by atomic mass is 9.96. The second-order valence-corrected chi connectivity index (χ2v) is 9.47. The number of aromatic hydroxyl groups is 2. The highest BCUT2D eigenvalue weighted by Crippen LogP contribution is 2.50. The average Bonchev–Trinajstić information content (AvgIpc) is 3.49. The first-order chi connectivity index (χ1) is 11.9. The number of aryl methyl sites for hydroxylation is 2. The summed E-state index contributed by atoms with van der Waals surface area (Å²) in [6.45, 7) is 4.76. The van der Waals surface area contributed by atoms with Crippen LogP contribution in [0.3, 0.4) is 0 Å². The van der Waals surface area contributed by atoms with Crippen molar-refractivity contribution < 1.29 is 10.2 Å². The minimum atomic E-state index is 0.126. The van der Waals surface area contributed by atoms with Crippen LogP contribution in [0.25, 0.3) is 0 Å². The fourth-order valence-corrected chi connectivity index (χ4v) is 3.90. The van der Waals surface area contributed by atoms with Crippen LogP contribution >= 0.6 is 0 Å². The maximum atomic E-state index is 10.3. The molecule has 1 aromatic rings. The highest BCUT2D eigenvalue weighted by Gasteiger charge is 2.36. The van der Waals surface area contributed by atoms with Gasteiger partial charge in [0.05, 0.1) is 0 Å². The second kappa shape index (κ2) is 7.60. The van der Waals surface area contributed by atoms with E-state index in [4.69, 9.17) is 0 Å². The second-order valence-electron chi connectivity index (χ2n) is 9.47. The molecule has 2 aliphatic carbocycles. The molecular formula is C23H36O2. The van der Waals surface area contributed by atoms with E-state index in [1.54, 1.807) is 0 Å². The third-order valence-electron chi connectivity index (χ3n) is 6.73. The third-order valence-corrected chi connectivity index (χ3v) is 6.73. The van der Waals surface area contributed by atoms with Crippen LogP contribution in [0.5, 0.6) is 11.5 Å². The van der Waals surface area contributed by atoms with E-state index in [1.807, 2.05) is 12.1 Å². The van der Waals surface area contributed by atoms with Gasteiger partial charge in [0.15, 0.2) is 11.5 Å². The molecule has 1 aromatic carbocycles. The van der Waals surface area contributed by atoms with Crippen molar-refractivity contribution in [3.63, 3.8) is 0 Å². The number of hydrogen-bond donors (Lipinski definition) is 2. The van der Waals surface area contributed by atoms with Gasteiger partial charge in [-0.25, -0.2) is 0 Å². The maximum absolute atomic E-state index is 10.3. The Labute approximate surface area is 153 Å². The zero-order chi connectivity index (χ0) is 17.9. The van der Waals surface area contributed by atoms with E-state index in [0.29, 0.717) is 10.8 Å². The smallest absolute Gasteiger partial charge is 0.160 e. The van der Waals surface area contributed by atoms with Crippen LogP contribution in [-0.4, -0.2) is 10.2 Å². The largest absolute Gasteiger partial charge is 0.504 e. The standard InChI is InChI=1S/C23H36O2/c1-22(14-15-22)12-6-3-4-8-18-10-11-19(21(25)20(18)24)9-5-7-13-23(2)16-17-23/h10-11,24-25H,3-9,12-17H2,1-2H3. The number of unbranched alkanes of at least 4 members (excludes halogenated alkanes) is 3. The van der Waals surface area contributed by atoms with E-state index in [-0.39, 0.29) is 11.5 Å². The van der Waals surface area contributed by atoms with Crippen LogP contribution in [0.15, 0.2) is 12.1 Å². The van der Waals surface area contributed by atoms with E-state index >= 15 is 0 Å². The summed E-state index contributed by atoms with van der Waals surface area (Å²) in [7, 11) is 0. The zero-order valence-corrected chi connectivity index (χ0v) is 16.2. The molecule has 2 fully saturated rings. The van der Waals surface area contributed by atoms with Gasteiger partial charge in [0.1, 0.15) is 0 Å². The molecule has 0 amide bonds. The molecule has 3 rings (SSSR count). The third kappa shape index (κ3) is 5.39. The number of hydrogen-bond acceptors (Lipinski definition) is 2. The number of rotatable bonds is 11. The van der Waals surface area contributed by atoms with Crippen LogP contribution in [0, 0.1) is 10.8 Å². The van der Waals surface area contributed by atoms with Crippen molar-refractivity contribution in [2.24, 2.45) is 10.8 Å². The van der Waals surface area contributed by atoms with Crippen LogP contribution in [-0.2, 0) is 12.8 Å². The van der Waals surface area contributed by atoms with Gasteiger partial charge < -0.3 is 10.2 Å². The Kier molecular flexibility index (Phi) is 5.65. The zero-order valence-electron chi connectivity index (χ0n) is 16.2. The molecule has 2 N–H and O–H groups in total. The quantitative estimate of drug-likeness (QED) is 0.354. The van der Waals surface area contributed by atoms with Gasteiger partial charge in [-0.3, -0.25) is 0 Å². The van der Waals surface area contributed by atoms with E-state index in [0.717, 1.165) is 36.8 Å². The van der Waals surface area contributed by atoms with Crippen LogP contribution in [0.2, 0.25) is 0 Å². The molecule has 0 heterocycles. The molecule has 0 spiro atoms. The topological polar surface area (TPSA) is 40.5 Å². The van der Waals surface area contributed by atoms with Gasteiger partial charge in [0.2, 0.25) is 0 Å². The van der Waals surface area contributed by atoms with Crippen LogP contribution in [0.1, 0.15) is 95.6 Å². The summed E-state index contributed by atoms with van der Waals surface area (Å²) in [5.74, 6) is 0.251. The molecule has 140 valence electrons. The molecule has 2 saturated carbocycles. The lowest BCUT2D eigenvalue weighted by Crippen LogP contribution is -1.96. The molecular weight excluding hydrogens is 308 g/mol. The summed E-state index contributed by atoms with van der Waals surface area (Å²) in [5, 5.41) is 20.6. The number of phenolic OH excluding ortho intramolecular Hbond substituents is 2. The minimum absolute atomic E-state index is 0.126. The molecule has 25 heavy (non-hydrogen) atoms. The normalized spacial score (nSPS) is 19.8. The van der Waals surface area contributed by atoms with Crippen molar-refractivity contribution in [3.05, 3.63) is 23.3 Å². The van der Waals surface area contributed by atoms with Gasteiger partial charge in [-0.2, -0.15) is 0 Å². The van der Waals surface area contributed by atoms with Crippen LogP contribution < -0.4 is 0 Å². The Morgan fingerprint density at radius 3 is 1.52 bits per heavy atom. The fourth-order valence-electron chi connectivity index (χ4n) is 3.90. The predicted octanol–water partition coefficient (Wildman–Crippen LogP) is 6.51. The van der Waals surface area contributed by atoms with Gasteiger partial charge in [-0.15, -0.1) is 0 Å². The molecule has 0 saturated heterocycles. The molecule has 0 unspecified atom stereocenters. The maximum Gasteiger partial charge on any atom is 0.160 e. The first kappa shape index (κ1) is 18.6. The summed E-state index contributed by atoms with van der Waals surface area (Å²) in [6.07, 6.45) is 15.9. The Balaban J connectivity index is 1.39. The van der Waals surface area contributed by atoms with Crippen molar-refractivity contribution in [2.45, 2.75) is 97.3 Å². The highest BCUT2D eigenvalue weighted by molar-refractivity contribution is 5.50. The minimum Gasteiger partial charge on any atom is -0.504 e. The first-order valence-electron chi connectivity index (χ1n) is 10.4. The predicted molar refractivity (Wildman–Crippen MR) is 104 cm³/mol. The Morgan fingerprint density at radius 2 is 1.08 bits per heavy atom. The van der Waals surface area contributed by atoms with E-state index in [1.165, 1.54) is 57.8 Å². The number of benzene rings is 1. The average molecular weight is 345 g/mol. The van der Waals surface area contributed by atoms with E-state index < -0.39 is 0 Å². The van der Waals surface area contributed by atoms with Gasteiger partial charge in [0, 0.05) is 0 Å². The van der Waals surface area contributed by atoms with Gasteiger partial charge >= 0.3 is 0 Å². The highest BCUT2D eigenvalue weighted by atomic mass is 16.3. The SMILES string of the molecule is CC1(CCCCCc2ccc(CCCCC3(C)CC3)c(O)c2O)CC1. The first-order valence-corrected chi connectivity index (χ1v) is 10.4. The van der Waals surface area contributed by atoms with Crippen molar-refractivity contribution in [2.75, 3.05) is 0 Å². The Morgan fingerprint density at radius 1 is 0.680 bits per heavy atom. The van der Waals surface area contributed by atoms with Crippen LogP contribution in [0.4, 0.5) is 0 Å². The van der Waals surface area contributed by atoms with Crippen molar-refractivity contribution >= 4 is 0 Å². The molecule has 2 heteroatoms. The lowest BCUT2D eigenvalue weighted by Gasteiger charge is -2.12. The molecule has 0 atom stereocenters.